The highest BCUT2D eigenvalue weighted by Gasteiger charge is 2.02. The molecule has 0 amide bonds. The zero-order valence-corrected chi connectivity index (χ0v) is 13.8. The minimum Gasteiger partial charge on any atom is -0.330 e. The third-order valence-electron chi connectivity index (χ3n) is 3.72. The van der Waals surface area contributed by atoms with Gasteiger partial charge < -0.3 is 4.57 Å². The molecule has 0 spiro atoms. The molecule has 0 saturated carbocycles. The van der Waals surface area contributed by atoms with Crippen LogP contribution in [0.3, 0.4) is 0 Å². The standard InChI is InChI=1S/C20H16ClN3/c21-19-5-1-3-16(11-19)4-2-6-20-13-23-15-24(20)14-18-9-7-17(12-22)8-10-18/h1-5,7-11,13,15H,6,14H2. The molecule has 0 atom stereocenters. The van der Waals surface area contributed by atoms with Gasteiger partial charge in [-0.2, -0.15) is 5.26 Å². The van der Waals surface area contributed by atoms with Gasteiger partial charge in [0.1, 0.15) is 0 Å². The van der Waals surface area contributed by atoms with Crippen LogP contribution in [0.4, 0.5) is 0 Å². The van der Waals surface area contributed by atoms with E-state index in [4.69, 9.17) is 16.9 Å². The molecule has 0 aliphatic carbocycles. The van der Waals surface area contributed by atoms with Gasteiger partial charge in [0.25, 0.3) is 0 Å². The first-order chi connectivity index (χ1) is 11.7. The summed E-state index contributed by atoms with van der Waals surface area (Å²) < 4.78 is 2.11. The van der Waals surface area contributed by atoms with Gasteiger partial charge in [0.15, 0.2) is 0 Å². The number of aromatic nitrogens is 2. The number of hydrogen-bond donors (Lipinski definition) is 0. The summed E-state index contributed by atoms with van der Waals surface area (Å²) in [5, 5.41) is 9.60. The molecule has 4 heteroatoms. The molecule has 3 rings (SSSR count). The molecule has 0 unspecified atom stereocenters. The number of halogens is 1. The van der Waals surface area contributed by atoms with Gasteiger partial charge in [-0.25, -0.2) is 4.98 Å². The summed E-state index contributed by atoms with van der Waals surface area (Å²) in [7, 11) is 0. The highest BCUT2D eigenvalue weighted by atomic mass is 35.5. The normalized spacial score (nSPS) is 10.8. The van der Waals surface area contributed by atoms with E-state index < -0.39 is 0 Å². The Labute approximate surface area is 146 Å². The summed E-state index contributed by atoms with van der Waals surface area (Å²) in [6.45, 7) is 0.742. The van der Waals surface area contributed by atoms with Crippen LogP contribution in [0.2, 0.25) is 5.02 Å². The molecule has 0 radical (unpaired) electrons. The number of benzene rings is 2. The maximum absolute atomic E-state index is 8.86. The SMILES string of the molecule is N#Cc1ccc(Cn2cncc2CC=Cc2cccc(Cl)c2)cc1. The van der Waals surface area contributed by atoms with E-state index in [0.717, 1.165) is 34.8 Å². The van der Waals surface area contributed by atoms with E-state index in [9.17, 15) is 0 Å². The fourth-order valence-electron chi connectivity index (χ4n) is 2.47. The minimum atomic E-state index is 0.675. The van der Waals surface area contributed by atoms with E-state index in [0.29, 0.717) is 5.56 Å². The largest absolute Gasteiger partial charge is 0.330 e. The molecule has 0 aliphatic heterocycles. The van der Waals surface area contributed by atoms with Crippen molar-refractivity contribution in [2.24, 2.45) is 0 Å². The molecular formula is C20H16ClN3. The average Bonchev–Trinajstić information content (AvgIpc) is 3.03. The van der Waals surface area contributed by atoms with Gasteiger partial charge in [0.2, 0.25) is 0 Å². The maximum atomic E-state index is 8.86. The monoisotopic (exact) mass is 333 g/mol. The van der Waals surface area contributed by atoms with Crippen molar-refractivity contribution in [3.63, 3.8) is 0 Å². The Balaban J connectivity index is 1.67. The minimum absolute atomic E-state index is 0.675. The second-order valence-electron chi connectivity index (χ2n) is 5.48. The van der Waals surface area contributed by atoms with Crippen molar-refractivity contribution in [3.05, 3.63) is 94.5 Å². The Morgan fingerprint density at radius 3 is 2.75 bits per heavy atom. The van der Waals surface area contributed by atoms with Gasteiger partial charge in [0, 0.05) is 29.9 Å². The van der Waals surface area contributed by atoms with Crippen LogP contribution in [0, 0.1) is 11.3 Å². The zero-order valence-electron chi connectivity index (χ0n) is 13.1. The van der Waals surface area contributed by atoms with Crippen LogP contribution >= 0.6 is 11.6 Å². The summed E-state index contributed by atoms with van der Waals surface area (Å²) in [4.78, 5) is 4.25. The molecule has 0 saturated heterocycles. The lowest BCUT2D eigenvalue weighted by Gasteiger charge is -2.07. The summed E-state index contributed by atoms with van der Waals surface area (Å²) in [6, 6.07) is 17.5. The Kier molecular flexibility index (Phi) is 5.10. The van der Waals surface area contributed by atoms with Crippen molar-refractivity contribution in [1.29, 1.82) is 5.26 Å². The Bertz CT molecular complexity index is 886. The second-order valence-corrected chi connectivity index (χ2v) is 5.92. The van der Waals surface area contributed by atoms with Crippen LogP contribution in [0.1, 0.15) is 22.4 Å². The first-order valence-corrected chi connectivity index (χ1v) is 8.02. The Morgan fingerprint density at radius 1 is 1.17 bits per heavy atom. The van der Waals surface area contributed by atoms with Crippen LogP contribution in [-0.2, 0) is 13.0 Å². The lowest BCUT2D eigenvalue weighted by molar-refractivity contribution is 0.757. The number of nitriles is 1. The van der Waals surface area contributed by atoms with Gasteiger partial charge in [-0.1, -0.05) is 48.0 Å². The topological polar surface area (TPSA) is 41.6 Å². The molecule has 3 nitrogen and oxygen atoms in total. The Hall–Kier alpha value is -2.83. The van der Waals surface area contributed by atoms with E-state index in [1.165, 1.54) is 0 Å². The van der Waals surface area contributed by atoms with Crippen LogP contribution in [0.5, 0.6) is 0 Å². The molecule has 1 aromatic heterocycles. The second kappa shape index (κ2) is 7.63. The van der Waals surface area contributed by atoms with Crippen molar-refractivity contribution in [2.45, 2.75) is 13.0 Å². The molecular weight excluding hydrogens is 318 g/mol. The summed E-state index contributed by atoms with van der Waals surface area (Å²) in [5.74, 6) is 0. The fraction of sp³-hybridized carbons (Fsp3) is 0.100. The highest BCUT2D eigenvalue weighted by molar-refractivity contribution is 6.30. The van der Waals surface area contributed by atoms with E-state index in [1.54, 1.807) is 0 Å². The van der Waals surface area contributed by atoms with Crippen molar-refractivity contribution >= 4 is 17.7 Å². The number of allylic oxidation sites excluding steroid dienone is 1. The zero-order chi connectivity index (χ0) is 16.8. The molecule has 0 bridgehead atoms. The van der Waals surface area contributed by atoms with Crippen LogP contribution in [-0.4, -0.2) is 9.55 Å². The highest BCUT2D eigenvalue weighted by Crippen LogP contribution is 2.13. The van der Waals surface area contributed by atoms with Gasteiger partial charge >= 0.3 is 0 Å². The van der Waals surface area contributed by atoms with E-state index in [2.05, 4.69) is 27.8 Å². The van der Waals surface area contributed by atoms with E-state index in [-0.39, 0.29) is 0 Å². The van der Waals surface area contributed by atoms with Crippen molar-refractivity contribution < 1.29 is 0 Å². The Morgan fingerprint density at radius 2 is 2.00 bits per heavy atom. The van der Waals surface area contributed by atoms with Crippen molar-refractivity contribution in [3.8, 4) is 6.07 Å². The smallest absolute Gasteiger partial charge is 0.0991 e. The van der Waals surface area contributed by atoms with Crippen molar-refractivity contribution in [1.82, 2.24) is 9.55 Å². The molecule has 2 aromatic carbocycles. The fourth-order valence-corrected chi connectivity index (χ4v) is 2.67. The van der Waals surface area contributed by atoms with Gasteiger partial charge in [-0.05, 0) is 35.4 Å². The molecule has 0 N–H and O–H groups in total. The van der Waals surface area contributed by atoms with Crippen LogP contribution in [0.15, 0.2) is 67.1 Å². The molecule has 1 heterocycles. The number of hydrogen-bond acceptors (Lipinski definition) is 2. The quantitative estimate of drug-likeness (QED) is 0.678. The number of rotatable bonds is 5. The van der Waals surface area contributed by atoms with Gasteiger partial charge in [-0.3, -0.25) is 0 Å². The lowest BCUT2D eigenvalue weighted by Crippen LogP contribution is -2.02. The number of nitrogens with zero attached hydrogens (tertiary/aromatic N) is 3. The van der Waals surface area contributed by atoms with Gasteiger partial charge in [0.05, 0.1) is 18.0 Å². The molecule has 0 fully saturated rings. The lowest BCUT2D eigenvalue weighted by atomic mass is 10.1. The average molecular weight is 334 g/mol. The van der Waals surface area contributed by atoms with E-state index in [1.807, 2.05) is 61.1 Å². The number of imidazole rings is 1. The maximum Gasteiger partial charge on any atom is 0.0991 e. The van der Waals surface area contributed by atoms with Crippen LogP contribution in [0.25, 0.3) is 6.08 Å². The summed E-state index contributed by atoms with van der Waals surface area (Å²) in [6.07, 6.45) is 8.68. The first-order valence-electron chi connectivity index (χ1n) is 7.65. The molecule has 0 aliphatic rings. The van der Waals surface area contributed by atoms with Crippen LogP contribution < -0.4 is 0 Å². The van der Waals surface area contributed by atoms with Crippen molar-refractivity contribution in [2.75, 3.05) is 0 Å². The predicted octanol–water partition coefficient (Wildman–Crippen LogP) is 4.71. The molecule has 3 aromatic rings. The summed E-state index contributed by atoms with van der Waals surface area (Å²) >= 11 is 5.99. The third-order valence-corrected chi connectivity index (χ3v) is 3.96. The first kappa shape index (κ1) is 16.0. The third kappa shape index (κ3) is 4.13. The van der Waals surface area contributed by atoms with Gasteiger partial charge in [-0.15, -0.1) is 0 Å². The summed E-state index contributed by atoms with van der Waals surface area (Å²) in [5.41, 5.74) is 4.04. The predicted molar refractivity (Wildman–Crippen MR) is 96.7 cm³/mol. The molecule has 118 valence electrons. The van der Waals surface area contributed by atoms with E-state index >= 15 is 0 Å². The molecule has 24 heavy (non-hydrogen) atoms.